The van der Waals surface area contributed by atoms with Gasteiger partial charge in [-0.25, -0.2) is 4.79 Å². The maximum Gasteiger partial charge on any atom is 0.317 e. The Morgan fingerprint density at radius 2 is 2.12 bits per heavy atom. The standard InChI is InChI=1S/C11H20N2O3/c1-4-13(8(3)6-10(14)15)11(16)12-9-5-7(9)2/h7-9H,4-6H2,1-3H3,(H,12,16)(H,14,15). The van der Waals surface area contributed by atoms with Crippen molar-refractivity contribution in [2.45, 2.75) is 45.7 Å². The van der Waals surface area contributed by atoms with Crippen LogP contribution in [0.25, 0.3) is 0 Å². The van der Waals surface area contributed by atoms with Gasteiger partial charge in [0.1, 0.15) is 0 Å². The molecule has 0 aromatic heterocycles. The summed E-state index contributed by atoms with van der Waals surface area (Å²) < 4.78 is 0. The topological polar surface area (TPSA) is 69.6 Å². The van der Waals surface area contributed by atoms with E-state index in [0.29, 0.717) is 12.5 Å². The van der Waals surface area contributed by atoms with Crippen molar-refractivity contribution in [3.8, 4) is 0 Å². The highest BCUT2D eigenvalue weighted by Gasteiger charge is 2.35. The largest absolute Gasteiger partial charge is 0.481 e. The van der Waals surface area contributed by atoms with Gasteiger partial charge in [-0.3, -0.25) is 4.79 Å². The molecule has 0 aliphatic heterocycles. The molecule has 1 fully saturated rings. The third-order valence-corrected chi connectivity index (χ3v) is 3.02. The van der Waals surface area contributed by atoms with Crippen molar-refractivity contribution in [2.24, 2.45) is 5.92 Å². The lowest BCUT2D eigenvalue weighted by atomic mass is 10.2. The van der Waals surface area contributed by atoms with Crippen LogP contribution in [-0.2, 0) is 4.79 Å². The van der Waals surface area contributed by atoms with E-state index in [4.69, 9.17) is 5.11 Å². The Bertz CT molecular complexity index is 280. The van der Waals surface area contributed by atoms with Gasteiger partial charge in [0.05, 0.1) is 6.42 Å². The molecule has 0 radical (unpaired) electrons. The summed E-state index contributed by atoms with van der Waals surface area (Å²) >= 11 is 0. The molecule has 0 heterocycles. The number of amides is 2. The molecule has 3 atom stereocenters. The summed E-state index contributed by atoms with van der Waals surface area (Å²) in [5.41, 5.74) is 0. The first-order chi connectivity index (χ1) is 7.45. The average Bonchev–Trinajstić information content (AvgIpc) is 2.81. The minimum absolute atomic E-state index is 0.0124. The van der Waals surface area contributed by atoms with Crippen LogP contribution in [0.15, 0.2) is 0 Å². The fourth-order valence-corrected chi connectivity index (χ4v) is 1.78. The van der Waals surface area contributed by atoms with Crippen molar-refractivity contribution in [3.05, 3.63) is 0 Å². The summed E-state index contributed by atoms with van der Waals surface area (Å²) in [6.45, 7) is 6.23. The van der Waals surface area contributed by atoms with Gasteiger partial charge in [0.15, 0.2) is 0 Å². The van der Waals surface area contributed by atoms with E-state index < -0.39 is 5.97 Å². The van der Waals surface area contributed by atoms with E-state index in [0.717, 1.165) is 6.42 Å². The van der Waals surface area contributed by atoms with E-state index in [1.54, 1.807) is 11.8 Å². The minimum atomic E-state index is -0.876. The molecule has 1 aliphatic rings. The van der Waals surface area contributed by atoms with E-state index in [1.165, 1.54) is 0 Å². The first-order valence-electron chi connectivity index (χ1n) is 5.74. The molecule has 5 heteroatoms. The Balaban J connectivity index is 2.45. The minimum Gasteiger partial charge on any atom is -0.481 e. The molecule has 2 amide bonds. The summed E-state index contributed by atoms with van der Waals surface area (Å²) in [4.78, 5) is 24.0. The quantitative estimate of drug-likeness (QED) is 0.745. The fraction of sp³-hybridized carbons (Fsp3) is 0.818. The van der Waals surface area contributed by atoms with Crippen LogP contribution in [0, 0.1) is 5.92 Å². The van der Waals surface area contributed by atoms with Gasteiger partial charge < -0.3 is 15.3 Å². The Kier molecular flexibility index (Phi) is 4.15. The third-order valence-electron chi connectivity index (χ3n) is 3.02. The normalized spacial score (nSPS) is 24.7. The van der Waals surface area contributed by atoms with Crippen molar-refractivity contribution in [2.75, 3.05) is 6.54 Å². The third kappa shape index (κ3) is 3.40. The van der Waals surface area contributed by atoms with Gasteiger partial charge >= 0.3 is 12.0 Å². The zero-order valence-electron chi connectivity index (χ0n) is 10.1. The number of carboxylic acid groups (broad SMARTS) is 1. The number of carbonyl (C=O) groups excluding carboxylic acids is 1. The first kappa shape index (κ1) is 12.8. The summed E-state index contributed by atoms with van der Waals surface area (Å²) in [7, 11) is 0. The molecule has 1 aliphatic carbocycles. The molecule has 3 unspecified atom stereocenters. The van der Waals surface area contributed by atoms with Gasteiger partial charge in [-0.05, 0) is 26.2 Å². The number of carboxylic acids is 1. The predicted octanol–water partition coefficient (Wildman–Crippen LogP) is 1.29. The van der Waals surface area contributed by atoms with Gasteiger partial charge in [0.2, 0.25) is 0 Å². The van der Waals surface area contributed by atoms with Gasteiger partial charge in [-0.15, -0.1) is 0 Å². The van der Waals surface area contributed by atoms with Gasteiger partial charge in [0.25, 0.3) is 0 Å². The highest BCUT2D eigenvalue weighted by Crippen LogP contribution is 2.29. The predicted molar refractivity (Wildman–Crippen MR) is 60.2 cm³/mol. The summed E-state index contributed by atoms with van der Waals surface area (Å²) in [6, 6.07) is -0.138. The zero-order chi connectivity index (χ0) is 12.3. The molecule has 16 heavy (non-hydrogen) atoms. The second-order valence-electron chi connectivity index (χ2n) is 4.50. The number of aliphatic carboxylic acids is 1. The van der Waals surface area contributed by atoms with Crippen molar-refractivity contribution in [1.82, 2.24) is 10.2 Å². The number of hydrogen-bond donors (Lipinski definition) is 2. The number of nitrogens with one attached hydrogen (secondary N) is 1. The van der Waals surface area contributed by atoms with Crippen molar-refractivity contribution >= 4 is 12.0 Å². The van der Waals surface area contributed by atoms with Crippen LogP contribution < -0.4 is 5.32 Å². The van der Waals surface area contributed by atoms with Crippen LogP contribution in [0.1, 0.15) is 33.6 Å². The lowest BCUT2D eigenvalue weighted by Gasteiger charge is -2.27. The van der Waals surface area contributed by atoms with Crippen LogP contribution in [0.3, 0.4) is 0 Å². The van der Waals surface area contributed by atoms with Crippen LogP contribution in [0.2, 0.25) is 0 Å². The SMILES string of the molecule is CCN(C(=O)NC1CC1C)C(C)CC(=O)O. The van der Waals surface area contributed by atoms with Crippen LogP contribution >= 0.6 is 0 Å². The van der Waals surface area contributed by atoms with Gasteiger partial charge in [0, 0.05) is 18.6 Å². The van der Waals surface area contributed by atoms with E-state index in [9.17, 15) is 9.59 Å². The number of urea groups is 1. The van der Waals surface area contributed by atoms with E-state index >= 15 is 0 Å². The number of carbonyl (C=O) groups is 2. The second-order valence-corrected chi connectivity index (χ2v) is 4.50. The lowest BCUT2D eigenvalue weighted by Crippen LogP contribution is -2.46. The van der Waals surface area contributed by atoms with Crippen molar-refractivity contribution in [3.63, 3.8) is 0 Å². The Morgan fingerprint density at radius 3 is 2.50 bits per heavy atom. The van der Waals surface area contributed by atoms with Crippen LogP contribution in [0.5, 0.6) is 0 Å². The molecule has 1 saturated carbocycles. The van der Waals surface area contributed by atoms with E-state index in [-0.39, 0.29) is 24.5 Å². The molecule has 0 aromatic rings. The summed E-state index contributed by atoms with van der Waals surface area (Å²) in [6.07, 6.45) is 1.01. The van der Waals surface area contributed by atoms with Gasteiger partial charge in [-0.2, -0.15) is 0 Å². The Labute approximate surface area is 95.8 Å². The highest BCUT2D eigenvalue weighted by molar-refractivity contribution is 5.76. The van der Waals surface area contributed by atoms with Crippen LogP contribution in [0.4, 0.5) is 4.79 Å². The average molecular weight is 228 g/mol. The molecule has 1 rings (SSSR count). The van der Waals surface area contributed by atoms with Gasteiger partial charge in [-0.1, -0.05) is 6.92 Å². The molecule has 0 bridgehead atoms. The summed E-state index contributed by atoms with van der Waals surface area (Å²) in [5.74, 6) is -0.323. The molecule has 0 spiro atoms. The number of rotatable bonds is 5. The zero-order valence-corrected chi connectivity index (χ0v) is 10.1. The smallest absolute Gasteiger partial charge is 0.317 e. The van der Waals surface area contributed by atoms with Crippen molar-refractivity contribution < 1.29 is 14.7 Å². The second kappa shape index (κ2) is 5.18. The molecular weight excluding hydrogens is 208 g/mol. The maximum absolute atomic E-state index is 11.8. The molecule has 2 N–H and O–H groups in total. The molecule has 92 valence electrons. The van der Waals surface area contributed by atoms with Crippen LogP contribution in [-0.4, -0.2) is 40.6 Å². The lowest BCUT2D eigenvalue weighted by molar-refractivity contribution is -0.138. The highest BCUT2D eigenvalue weighted by atomic mass is 16.4. The number of hydrogen-bond acceptors (Lipinski definition) is 2. The Morgan fingerprint density at radius 1 is 1.56 bits per heavy atom. The molecule has 5 nitrogen and oxygen atoms in total. The molecular formula is C11H20N2O3. The van der Waals surface area contributed by atoms with Crippen molar-refractivity contribution in [1.29, 1.82) is 0 Å². The summed E-state index contributed by atoms with van der Waals surface area (Å²) in [5, 5.41) is 11.6. The first-order valence-corrected chi connectivity index (χ1v) is 5.74. The van der Waals surface area contributed by atoms with E-state index in [2.05, 4.69) is 12.2 Å². The monoisotopic (exact) mass is 228 g/mol. The fourth-order valence-electron chi connectivity index (χ4n) is 1.78. The molecule has 0 aromatic carbocycles. The molecule has 0 saturated heterocycles. The Hall–Kier alpha value is -1.26. The number of nitrogens with zero attached hydrogens (tertiary/aromatic N) is 1. The van der Waals surface area contributed by atoms with E-state index in [1.807, 2.05) is 6.92 Å². The maximum atomic E-state index is 11.8.